The van der Waals surface area contributed by atoms with Crippen LogP contribution in [0.15, 0.2) is 60.7 Å². The zero-order valence-electron chi connectivity index (χ0n) is 15.4. The average Bonchev–Trinajstić information content (AvgIpc) is 2.61. The van der Waals surface area contributed by atoms with Crippen molar-refractivity contribution in [1.82, 2.24) is 0 Å². The van der Waals surface area contributed by atoms with Gasteiger partial charge in [-0.1, -0.05) is 39.5 Å². The van der Waals surface area contributed by atoms with Crippen molar-refractivity contribution < 1.29 is 39.0 Å². The molecule has 2 rings (SSSR count). The fraction of sp³-hybridized carbons (Fsp3) is 0.400. The molecule has 0 aliphatic heterocycles. The first-order valence-electron chi connectivity index (χ1n) is 7.94. The molecule has 0 amide bonds. The molecule has 0 radical (unpaired) electrons. The van der Waals surface area contributed by atoms with E-state index in [0.29, 0.717) is 13.1 Å². The van der Waals surface area contributed by atoms with Gasteiger partial charge in [0.2, 0.25) is 0 Å². The molecule has 2 aromatic rings. The number of rotatable bonds is 4. The Morgan fingerprint density at radius 3 is 0.917 bits per heavy atom. The Bertz CT molecular complexity index is 264. The Balaban J connectivity index is -0.000000109. The summed E-state index contributed by atoms with van der Waals surface area (Å²) in [5.41, 5.74) is 13.2. The van der Waals surface area contributed by atoms with Crippen molar-refractivity contribution in [1.29, 1.82) is 0 Å². The van der Waals surface area contributed by atoms with Gasteiger partial charge in [-0.25, -0.2) is 0 Å². The third-order valence-electron chi connectivity index (χ3n) is 2.27. The summed E-state index contributed by atoms with van der Waals surface area (Å²) < 4.78 is 0. The molecule has 0 heterocycles. The van der Waals surface area contributed by atoms with Crippen LogP contribution in [0.1, 0.15) is 39.5 Å². The molecule has 0 bridgehead atoms. The number of nitrogens with one attached hydrogen (secondary N) is 2. The SMILES string of the molecule is CCCC[NH-].CCCC[NH-].[Zn+2].[Zn+2].[c-]1ccccc1.[c-]1ccccc1. The van der Waals surface area contributed by atoms with E-state index in [0.717, 1.165) is 25.7 Å². The van der Waals surface area contributed by atoms with Gasteiger partial charge in [0.05, 0.1) is 0 Å². The summed E-state index contributed by atoms with van der Waals surface area (Å²) in [6.45, 7) is 5.37. The number of hydrogen-bond acceptors (Lipinski definition) is 0. The normalized spacial score (nSPS) is 7.50. The maximum Gasteiger partial charge on any atom is 2.00 e. The monoisotopic (exact) mass is 426 g/mol. The van der Waals surface area contributed by atoms with E-state index in [1.54, 1.807) is 0 Å². The van der Waals surface area contributed by atoms with E-state index in [9.17, 15) is 0 Å². The molecule has 0 aliphatic carbocycles. The summed E-state index contributed by atoms with van der Waals surface area (Å²) >= 11 is 0. The van der Waals surface area contributed by atoms with E-state index in [1.807, 2.05) is 60.7 Å². The van der Waals surface area contributed by atoms with Crippen molar-refractivity contribution in [3.05, 3.63) is 84.3 Å². The van der Waals surface area contributed by atoms with Crippen molar-refractivity contribution in [2.45, 2.75) is 39.5 Å². The van der Waals surface area contributed by atoms with E-state index in [-0.39, 0.29) is 39.0 Å². The van der Waals surface area contributed by atoms with Gasteiger partial charge in [0.25, 0.3) is 0 Å². The fourth-order valence-electron chi connectivity index (χ4n) is 1.04. The number of unbranched alkanes of at least 4 members (excludes halogenated alkanes) is 2. The maximum absolute atomic E-state index is 6.60. The molecule has 0 atom stereocenters. The Morgan fingerprint density at radius 2 is 0.875 bits per heavy atom. The Hall–Kier alpha value is -0.393. The predicted molar refractivity (Wildman–Crippen MR) is 98.7 cm³/mol. The number of hydrogen-bond donors (Lipinski definition) is 0. The molecule has 0 saturated carbocycles. The first-order valence-corrected chi connectivity index (χ1v) is 7.94. The van der Waals surface area contributed by atoms with E-state index in [4.69, 9.17) is 11.5 Å². The van der Waals surface area contributed by atoms with Crippen molar-refractivity contribution >= 4 is 0 Å². The number of benzene rings is 2. The second kappa shape index (κ2) is 34.0. The molecule has 0 aromatic heterocycles. The summed E-state index contributed by atoms with van der Waals surface area (Å²) in [6.07, 6.45) is 4.42. The topological polar surface area (TPSA) is 47.6 Å². The van der Waals surface area contributed by atoms with E-state index < -0.39 is 0 Å². The molecule has 0 spiro atoms. The second-order valence-corrected chi connectivity index (χ2v) is 4.36. The summed E-state index contributed by atoms with van der Waals surface area (Å²) in [5, 5.41) is 0. The van der Waals surface area contributed by atoms with Crippen molar-refractivity contribution in [3.8, 4) is 0 Å². The van der Waals surface area contributed by atoms with Gasteiger partial charge >= 0.3 is 39.0 Å². The third-order valence-corrected chi connectivity index (χ3v) is 2.27. The van der Waals surface area contributed by atoms with E-state index in [1.165, 1.54) is 0 Å². The van der Waals surface area contributed by atoms with Gasteiger partial charge < -0.3 is 11.5 Å². The smallest absolute Gasteiger partial charge is 0.677 e. The standard InChI is InChI=1S/2C6H5.2C4H10N.2Zn/c2*1-2-4-6-5-3-1;2*1-2-3-4-5;;/h2*1-5H;2*5H,2-4H2,1H3;;/q4*-1;2*+2. The molecule has 0 fully saturated rings. The molecule has 0 saturated heterocycles. The van der Waals surface area contributed by atoms with Gasteiger partial charge in [0, 0.05) is 0 Å². The zero-order chi connectivity index (χ0) is 16.7. The molecule has 4 heteroatoms. The minimum atomic E-state index is 0. The van der Waals surface area contributed by atoms with Crippen LogP contribution < -0.4 is 0 Å². The van der Waals surface area contributed by atoms with Crippen LogP contribution in [-0.4, -0.2) is 13.1 Å². The Morgan fingerprint density at radius 1 is 0.583 bits per heavy atom. The second-order valence-electron chi connectivity index (χ2n) is 4.36. The first-order chi connectivity index (χ1) is 10.8. The predicted octanol–water partition coefficient (Wildman–Crippen LogP) is 6.65. The molecule has 2 aromatic carbocycles. The van der Waals surface area contributed by atoms with Crippen LogP contribution in [-0.2, 0) is 39.0 Å². The molecule has 0 aliphatic rings. The van der Waals surface area contributed by atoms with Gasteiger partial charge in [0.1, 0.15) is 0 Å². The molecule has 124 valence electrons. The maximum atomic E-state index is 6.60. The van der Waals surface area contributed by atoms with Gasteiger partial charge in [-0.15, -0.1) is 0 Å². The van der Waals surface area contributed by atoms with Crippen LogP contribution in [0.25, 0.3) is 11.5 Å². The van der Waals surface area contributed by atoms with Crippen LogP contribution in [0, 0.1) is 12.1 Å². The van der Waals surface area contributed by atoms with Crippen LogP contribution in [0.4, 0.5) is 0 Å². The summed E-state index contributed by atoms with van der Waals surface area (Å²) in [7, 11) is 0. The van der Waals surface area contributed by atoms with Crippen LogP contribution in [0.3, 0.4) is 0 Å². The van der Waals surface area contributed by atoms with Crippen LogP contribution >= 0.6 is 0 Å². The van der Waals surface area contributed by atoms with Crippen LogP contribution in [0.5, 0.6) is 0 Å². The van der Waals surface area contributed by atoms with Gasteiger partial charge in [-0.05, 0) is 0 Å². The summed E-state index contributed by atoms with van der Waals surface area (Å²) in [5.74, 6) is 0. The third kappa shape index (κ3) is 37.7. The van der Waals surface area contributed by atoms with Gasteiger partial charge in [0.15, 0.2) is 0 Å². The van der Waals surface area contributed by atoms with Crippen LogP contribution in [0.2, 0.25) is 0 Å². The van der Waals surface area contributed by atoms with Crippen molar-refractivity contribution in [2.75, 3.05) is 13.1 Å². The van der Waals surface area contributed by atoms with E-state index >= 15 is 0 Å². The minimum Gasteiger partial charge on any atom is -0.677 e. The Kier molecular flexibility index (Phi) is 44.5. The summed E-state index contributed by atoms with van der Waals surface area (Å²) in [6, 6.07) is 25.0. The minimum absolute atomic E-state index is 0. The molecule has 2 nitrogen and oxygen atoms in total. The molecule has 24 heavy (non-hydrogen) atoms. The van der Waals surface area contributed by atoms with Crippen molar-refractivity contribution in [3.63, 3.8) is 0 Å². The molecular formula is C20H30N2Zn2. The molecule has 2 N–H and O–H groups in total. The molecule has 0 unspecified atom stereocenters. The summed E-state index contributed by atoms with van der Waals surface area (Å²) in [4.78, 5) is 0. The van der Waals surface area contributed by atoms with Gasteiger partial charge in [-0.2, -0.15) is 85.9 Å². The first kappa shape index (κ1) is 31.4. The van der Waals surface area contributed by atoms with Gasteiger partial charge in [-0.3, -0.25) is 0 Å². The van der Waals surface area contributed by atoms with Crippen molar-refractivity contribution in [2.24, 2.45) is 0 Å². The fourth-order valence-corrected chi connectivity index (χ4v) is 1.04. The molecular weight excluding hydrogens is 399 g/mol. The Labute approximate surface area is 175 Å². The largest absolute Gasteiger partial charge is 2.00 e. The van der Waals surface area contributed by atoms with E-state index in [2.05, 4.69) is 26.0 Å². The zero-order valence-corrected chi connectivity index (χ0v) is 21.4. The average molecular weight is 429 g/mol. The quantitative estimate of drug-likeness (QED) is 0.386.